The minimum atomic E-state index is -0.267. The first-order valence-corrected chi connectivity index (χ1v) is 14.2. The summed E-state index contributed by atoms with van der Waals surface area (Å²) in [6.07, 6.45) is 6.59. The lowest BCUT2D eigenvalue weighted by atomic mass is 9.94. The van der Waals surface area contributed by atoms with E-state index in [1.807, 2.05) is 18.2 Å². The number of fused-ring (bicyclic) bond motifs is 1. The predicted molar refractivity (Wildman–Crippen MR) is 156 cm³/mol. The minimum absolute atomic E-state index is 0.267. The first-order valence-electron chi connectivity index (χ1n) is 14.2. The number of benzene rings is 2. The highest BCUT2D eigenvalue weighted by atomic mass is 19.1. The second-order valence-corrected chi connectivity index (χ2v) is 10.5. The van der Waals surface area contributed by atoms with E-state index in [9.17, 15) is 4.39 Å². The van der Waals surface area contributed by atoms with Crippen molar-refractivity contribution in [1.29, 1.82) is 0 Å². The summed E-state index contributed by atoms with van der Waals surface area (Å²) in [5, 5.41) is 12.1. The number of hydrogen-bond donors (Lipinski definition) is 1. The molecule has 0 atom stereocenters. The van der Waals surface area contributed by atoms with Crippen LogP contribution in [-0.4, -0.2) is 76.5 Å². The van der Waals surface area contributed by atoms with E-state index in [0.717, 1.165) is 43.1 Å². The maximum absolute atomic E-state index is 13.4. The van der Waals surface area contributed by atoms with Gasteiger partial charge in [0, 0.05) is 44.3 Å². The quantitative estimate of drug-likeness (QED) is 0.327. The van der Waals surface area contributed by atoms with E-state index < -0.39 is 0 Å². The molecule has 1 aliphatic carbocycles. The van der Waals surface area contributed by atoms with E-state index in [1.165, 1.54) is 44.2 Å². The molecule has 0 bridgehead atoms. The maximum atomic E-state index is 13.4. The fourth-order valence-electron chi connectivity index (χ4n) is 5.75. The molecule has 2 aliphatic rings. The van der Waals surface area contributed by atoms with E-state index in [1.54, 1.807) is 26.4 Å². The number of rotatable bonds is 8. The van der Waals surface area contributed by atoms with Gasteiger partial charge in [-0.2, -0.15) is 9.97 Å². The highest BCUT2D eigenvalue weighted by Gasteiger charge is 2.27. The van der Waals surface area contributed by atoms with Crippen molar-refractivity contribution >= 4 is 22.9 Å². The zero-order chi connectivity index (χ0) is 28.2. The van der Waals surface area contributed by atoms with Crippen molar-refractivity contribution in [2.24, 2.45) is 0 Å². The Balaban J connectivity index is 1.32. The van der Waals surface area contributed by atoms with E-state index in [2.05, 4.69) is 30.3 Å². The van der Waals surface area contributed by atoms with Gasteiger partial charge < -0.3 is 19.7 Å². The van der Waals surface area contributed by atoms with Crippen LogP contribution in [0.5, 0.6) is 11.5 Å². The summed E-state index contributed by atoms with van der Waals surface area (Å²) < 4.78 is 24.2. The Labute approximate surface area is 238 Å². The molecule has 2 aromatic heterocycles. The van der Waals surface area contributed by atoms with Crippen LogP contribution in [0, 0.1) is 5.82 Å². The fourth-order valence-corrected chi connectivity index (χ4v) is 5.75. The van der Waals surface area contributed by atoms with Crippen molar-refractivity contribution in [3.63, 3.8) is 0 Å². The molecule has 4 aromatic rings. The van der Waals surface area contributed by atoms with Gasteiger partial charge >= 0.3 is 0 Å². The number of piperazine rings is 1. The molecule has 10 nitrogen and oxygen atoms in total. The lowest BCUT2D eigenvalue weighted by Gasteiger charge is -2.41. The second kappa shape index (κ2) is 12.2. The van der Waals surface area contributed by atoms with Crippen molar-refractivity contribution in [3.8, 4) is 22.9 Å². The standard InChI is InChI=1S/C30H35FN8O2/c1-40-24-13-10-21(18-25(24)41-2)27-33-26-28(37-36-27)34-30(32-19-20-8-11-22(31)12-9-20)35-29(26)39-16-14-38(15-17-39)23-6-4-3-5-7-23/h8-13,18,23H,3-7,14-17,19H2,1-2H3,(H,32,34,35,37). The Morgan fingerprint density at radius 2 is 1.61 bits per heavy atom. The van der Waals surface area contributed by atoms with Crippen LogP contribution in [-0.2, 0) is 6.54 Å². The van der Waals surface area contributed by atoms with E-state index in [4.69, 9.17) is 19.4 Å². The van der Waals surface area contributed by atoms with Gasteiger partial charge in [-0.05, 0) is 48.7 Å². The zero-order valence-electron chi connectivity index (χ0n) is 23.5. The molecular weight excluding hydrogens is 523 g/mol. The van der Waals surface area contributed by atoms with E-state index in [-0.39, 0.29) is 5.82 Å². The molecule has 0 unspecified atom stereocenters. The van der Waals surface area contributed by atoms with Gasteiger partial charge in [0.2, 0.25) is 11.6 Å². The van der Waals surface area contributed by atoms with Gasteiger partial charge in [0.1, 0.15) is 5.82 Å². The lowest BCUT2D eigenvalue weighted by Crippen LogP contribution is -2.51. The topological polar surface area (TPSA) is 101 Å². The summed E-state index contributed by atoms with van der Waals surface area (Å²) in [5.74, 6) is 2.57. The summed E-state index contributed by atoms with van der Waals surface area (Å²) in [6.45, 7) is 4.10. The Kier molecular flexibility index (Phi) is 8.04. The summed E-state index contributed by atoms with van der Waals surface area (Å²) in [4.78, 5) is 19.4. The predicted octanol–water partition coefficient (Wildman–Crippen LogP) is 4.70. The molecule has 1 saturated heterocycles. The molecule has 2 aromatic carbocycles. The molecule has 0 spiro atoms. The Morgan fingerprint density at radius 3 is 2.34 bits per heavy atom. The van der Waals surface area contributed by atoms with Crippen LogP contribution >= 0.6 is 0 Å². The number of nitrogens with one attached hydrogen (secondary N) is 1. The van der Waals surface area contributed by atoms with Crippen LogP contribution in [0.2, 0.25) is 0 Å². The molecule has 41 heavy (non-hydrogen) atoms. The molecule has 214 valence electrons. The van der Waals surface area contributed by atoms with Gasteiger partial charge in [-0.1, -0.05) is 31.4 Å². The second-order valence-electron chi connectivity index (χ2n) is 10.5. The Bertz CT molecular complexity index is 1490. The van der Waals surface area contributed by atoms with Crippen molar-refractivity contribution in [2.75, 3.05) is 50.6 Å². The van der Waals surface area contributed by atoms with E-state index in [0.29, 0.717) is 47.0 Å². The van der Waals surface area contributed by atoms with Gasteiger partial charge in [0.25, 0.3) is 0 Å². The number of anilines is 2. The fraction of sp³-hybridized carbons (Fsp3) is 0.433. The van der Waals surface area contributed by atoms with Crippen LogP contribution < -0.4 is 19.7 Å². The first kappa shape index (κ1) is 27.1. The van der Waals surface area contributed by atoms with Gasteiger partial charge in [-0.25, -0.2) is 9.37 Å². The first-order chi connectivity index (χ1) is 20.1. The third kappa shape index (κ3) is 6.00. The Hall–Kier alpha value is -4.12. The maximum Gasteiger partial charge on any atom is 0.227 e. The zero-order valence-corrected chi connectivity index (χ0v) is 23.5. The molecule has 11 heteroatoms. The normalized spacial score (nSPS) is 16.6. The third-order valence-electron chi connectivity index (χ3n) is 8.01. The smallest absolute Gasteiger partial charge is 0.227 e. The van der Waals surface area contributed by atoms with E-state index >= 15 is 0 Å². The molecule has 0 amide bonds. The molecule has 6 rings (SSSR count). The summed E-state index contributed by atoms with van der Waals surface area (Å²) in [6, 6.07) is 12.6. The molecule has 0 radical (unpaired) electrons. The van der Waals surface area contributed by atoms with Gasteiger partial charge in [0.15, 0.2) is 28.7 Å². The minimum Gasteiger partial charge on any atom is -0.493 e. The molecule has 1 N–H and O–H groups in total. The number of methoxy groups -OCH3 is 2. The summed E-state index contributed by atoms with van der Waals surface area (Å²) >= 11 is 0. The number of hydrogen-bond acceptors (Lipinski definition) is 10. The van der Waals surface area contributed by atoms with Crippen molar-refractivity contribution < 1.29 is 13.9 Å². The molecule has 1 saturated carbocycles. The highest BCUT2D eigenvalue weighted by molar-refractivity contribution is 5.85. The number of ether oxygens (including phenoxy) is 2. The highest BCUT2D eigenvalue weighted by Crippen LogP contribution is 2.32. The van der Waals surface area contributed by atoms with Gasteiger partial charge in [-0.3, -0.25) is 4.90 Å². The van der Waals surface area contributed by atoms with Crippen LogP contribution in [0.3, 0.4) is 0 Å². The summed E-state index contributed by atoms with van der Waals surface area (Å²) in [7, 11) is 3.20. The monoisotopic (exact) mass is 558 g/mol. The molecule has 1 aliphatic heterocycles. The largest absolute Gasteiger partial charge is 0.493 e. The number of nitrogens with zero attached hydrogens (tertiary/aromatic N) is 7. The molecule has 2 fully saturated rings. The van der Waals surface area contributed by atoms with Crippen LogP contribution in [0.15, 0.2) is 42.5 Å². The Morgan fingerprint density at radius 1 is 0.854 bits per heavy atom. The lowest BCUT2D eigenvalue weighted by molar-refractivity contribution is 0.148. The summed E-state index contributed by atoms with van der Waals surface area (Å²) in [5.41, 5.74) is 2.69. The SMILES string of the molecule is COc1ccc(-c2nnc3nc(NCc4ccc(F)cc4)nc(N4CCN(C5CCCCC5)CC4)c3n2)cc1OC. The number of halogens is 1. The molecular formula is C30H35FN8O2. The molecule has 3 heterocycles. The van der Waals surface area contributed by atoms with Crippen molar-refractivity contribution in [1.82, 2.24) is 30.0 Å². The van der Waals surface area contributed by atoms with Crippen LogP contribution in [0.4, 0.5) is 16.2 Å². The average molecular weight is 559 g/mol. The van der Waals surface area contributed by atoms with Crippen molar-refractivity contribution in [3.05, 3.63) is 53.8 Å². The van der Waals surface area contributed by atoms with Gasteiger partial charge in [-0.15, -0.1) is 10.2 Å². The third-order valence-corrected chi connectivity index (χ3v) is 8.01. The van der Waals surface area contributed by atoms with Crippen LogP contribution in [0.1, 0.15) is 37.7 Å². The average Bonchev–Trinajstić information content (AvgIpc) is 3.04. The van der Waals surface area contributed by atoms with Gasteiger partial charge in [0.05, 0.1) is 14.2 Å². The van der Waals surface area contributed by atoms with Crippen molar-refractivity contribution in [2.45, 2.75) is 44.7 Å². The van der Waals surface area contributed by atoms with Crippen LogP contribution in [0.25, 0.3) is 22.6 Å². The number of aromatic nitrogens is 5.